The predicted octanol–water partition coefficient (Wildman–Crippen LogP) is 18.5. The summed E-state index contributed by atoms with van der Waals surface area (Å²) in [5.41, 5.74) is 0. The van der Waals surface area contributed by atoms with Crippen molar-refractivity contribution in [1.29, 1.82) is 0 Å². The van der Waals surface area contributed by atoms with Gasteiger partial charge in [-0.05, 0) is 89.9 Å². The van der Waals surface area contributed by atoms with Crippen LogP contribution in [0, 0.1) is 0 Å². The monoisotopic (exact) mass is 891 g/mol. The Bertz CT molecular complexity index is 1190. The van der Waals surface area contributed by atoms with E-state index in [4.69, 9.17) is 14.2 Å². The molecule has 0 spiro atoms. The average Bonchev–Trinajstić information content (AvgIpc) is 3.30. The highest BCUT2D eigenvalue weighted by Crippen LogP contribution is 2.15. The Morgan fingerprint density at radius 3 is 1.12 bits per heavy atom. The maximum atomic E-state index is 12.8. The number of esters is 2. The first-order valence-corrected chi connectivity index (χ1v) is 27.1. The summed E-state index contributed by atoms with van der Waals surface area (Å²) in [6, 6.07) is 0. The first-order chi connectivity index (χ1) is 31.6. The Morgan fingerprint density at radius 2 is 0.703 bits per heavy atom. The molecule has 0 aliphatic rings. The molecule has 0 aromatic rings. The van der Waals surface area contributed by atoms with Gasteiger partial charge in [0, 0.05) is 19.4 Å². The number of ether oxygens (including phenoxy) is 3. The molecule has 0 aromatic heterocycles. The van der Waals surface area contributed by atoms with Gasteiger partial charge in [-0.2, -0.15) is 0 Å². The van der Waals surface area contributed by atoms with Crippen molar-refractivity contribution in [2.45, 2.75) is 258 Å². The van der Waals surface area contributed by atoms with Crippen LogP contribution in [0.3, 0.4) is 0 Å². The van der Waals surface area contributed by atoms with Crippen molar-refractivity contribution >= 4 is 11.9 Å². The molecule has 0 amide bonds. The number of hydrogen-bond donors (Lipinski definition) is 0. The number of unbranched alkanes of at least 4 members (excludes halogenated alkanes) is 24. The molecular formula is C59H102O5. The molecule has 0 aliphatic heterocycles. The summed E-state index contributed by atoms with van der Waals surface area (Å²) in [6.07, 6.45) is 71.7. The van der Waals surface area contributed by atoms with Crippen molar-refractivity contribution < 1.29 is 23.8 Å². The highest BCUT2D eigenvalue weighted by Gasteiger charge is 2.17. The molecule has 0 saturated heterocycles. The Morgan fingerprint density at radius 1 is 0.359 bits per heavy atom. The van der Waals surface area contributed by atoms with Crippen LogP contribution in [0.1, 0.15) is 252 Å². The van der Waals surface area contributed by atoms with Gasteiger partial charge in [-0.1, -0.05) is 234 Å². The molecule has 64 heavy (non-hydrogen) atoms. The molecule has 0 heterocycles. The lowest BCUT2D eigenvalue weighted by molar-refractivity contribution is -0.163. The second-order valence-electron chi connectivity index (χ2n) is 17.7. The molecular weight excluding hydrogens is 789 g/mol. The molecule has 0 radical (unpaired) electrons. The van der Waals surface area contributed by atoms with Gasteiger partial charge in [-0.25, -0.2) is 0 Å². The van der Waals surface area contributed by atoms with E-state index in [-0.39, 0.29) is 25.2 Å². The third-order valence-corrected chi connectivity index (χ3v) is 11.4. The molecule has 0 bridgehead atoms. The van der Waals surface area contributed by atoms with E-state index in [0.29, 0.717) is 19.4 Å². The van der Waals surface area contributed by atoms with Crippen LogP contribution in [0.5, 0.6) is 0 Å². The van der Waals surface area contributed by atoms with E-state index in [0.717, 1.165) is 96.3 Å². The lowest BCUT2D eigenvalue weighted by atomic mass is 10.1. The minimum atomic E-state index is -0.548. The third kappa shape index (κ3) is 51.7. The molecule has 368 valence electrons. The number of hydrogen-bond acceptors (Lipinski definition) is 5. The molecule has 0 saturated carbocycles. The molecule has 1 atom stereocenters. The van der Waals surface area contributed by atoms with E-state index in [9.17, 15) is 9.59 Å². The molecule has 0 aliphatic carbocycles. The largest absolute Gasteiger partial charge is 0.462 e. The molecule has 5 nitrogen and oxygen atoms in total. The van der Waals surface area contributed by atoms with Crippen molar-refractivity contribution in [1.82, 2.24) is 0 Å². The average molecular weight is 891 g/mol. The van der Waals surface area contributed by atoms with Crippen LogP contribution in [0.2, 0.25) is 0 Å². The van der Waals surface area contributed by atoms with Crippen LogP contribution in [0.4, 0.5) is 0 Å². The van der Waals surface area contributed by atoms with E-state index in [1.165, 1.54) is 122 Å². The zero-order valence-electron chi connectivity index (χ0n) is 42.3. The van der Waals surface area contributed by atoms with Gasteiger partial charge in [0.2, 0.25) is 0 Å². The van der Waals surface area contributed by atoms with Gasteiger partial charge in [0.15, 0.2) is 6.10 Å². The molecule has 0 fully saturated rings. The molecule has 0 aromatic carbocycles. The summed E-state index contributed by atoms with van der Waals surface area (Å²) in [6.45, 7) is 7.59. The highest BCUT2D eigenvalue weighted by molar-refractivity contribution is 5.70. The quantitative estimate of drug-likeness (QED) is 0.0346. The van der Waals surface area contributed by atoms with Crippen LogP contribution in [0.25, 0.3) is 0 Å². The van der Waals surface area contributed by atoms with Crippen LogP contribution in [-0.2, 0) is 23.8 Å². The minimum absolute atomic E-state index is 0.0733. The number of allylic oxidation sites excluding steroid dienone is 14. The topological polar surface area (TPSA) is 61.8 Å². The Labute approximate surface area is 397 Å². The summed E-state index contributed by atoms with van der Waals surface area (Å²) < 4.78 is 17.4. The Kier molecular flexibility index (Phi) is 51.9. The maximum Gasteiger partial charge on any atom is 0.306 e. The van der Waals surface area contributed by atoms with Gasteiger partial charge in [-0.3, -0.25) is 9.59 Å². The van der Waals surface area contributed by atoms with Crippen molar-refractivity contribution in [3.05, 3.63) is 85.1 Å². The minimum Gasteiger partial charge on any atom is -0.462 e. The van der Waals surface area contributed by atoms with Gasteiger partial charge in [0.05, 0.1) is 6.61 Å². The lowest BCUT2D eigenvalue weighted by Gasteiger charge is -2.18. The first-order valence-electron chi connectivity index (χ1n) is 27.1. The third-order valence-electron chi connectivity index (χ3n) is 11.4. The SMILES string of the molecule is CC/C=C\C/C=C\C/C=C\C/C=C\CCCCCCCCC(=O)OCC(COCCCCCCCCCC/C=C\C/C=C\C/C=C\CC)OC(=O)CCCCCCCCCCCCC. The Balaban J connectivity index is 4.26. The van der Waals surface area contributed by atoms with E-state index in [1.807, 2.05) is 0 Å². The summed E-state index contributed by atoms with van der Waals surface area (Å²) in [5.74, 6) is -0.414. The van der Waals surface area contributed by atoms with Gasteiger partial charge in [-0.15, -0.1) is 0 Å². The zero-order chi connectivity index (χ0) is 46.3. The normalized spacial score (nSPS) is 12.9. The highest BCUT2D eigenvalue weighted by atomic mass is 16.6. The van der Waals surface area contributed by atoms with Crippen molar-refractivity contribution in [2.24, 2.45) is 0 Å². The van der Waals surface area contributed by atoms with Crippen LogP contribution >= 0.6 is 0 Å². The number of carbonyl (C=O) groups is 2. The van der Waals surface area contributed by atoms with Gasteiger partial charge in [0.1, 0.15) is 6.61 Å². The van der Waals surface area contributed by atoms with Gasteiger partial charge < -0.3 is 14.2 Å². The smallest absolute Gasteiger partial charge is 0.306 e. The van der Waals surface area contributed by atoms with Gasteiger partial charge in [0.25, 0.3) is 0 Å². The number of rotatable bonds is 49. The summed E-state index contributed by atoms with van der Waals surface area (Å²) in [7, 11) is 0. The fourth-order valence-electron chi connectivity index (χ4n) is 7.46. The van der Waals surface area contributed by atoms with Gasteiger partial charge >= 0.3 is 11.9 Å². The zero-order valence-corrected chi connectivity index (χ0v) is 42.3. The van der Waals surface area contributed by atoms with Crippen molar-refractivity contribution in [3.63, 3.8) is 0 Å². The Hall–Kier alpha value is -2.92. The summed E-state index contributed by atoms with van der Waals surface area (Å²) in [4.78, 5) is 25.4. The van der Waals surface area contributed by atoms with E-state index in [2.05, 4.69) is 106 Å². The van der Waals surface area contributed by atoms with Crippen LogP contribution in [-0.4, -0.2) is 37.9 Å². The second kappa shape index (κ2) is 54.4. The standard InChI is InChI=1S/C59H102O5/c1-4-7-10-13-16-19-22-24-26-28-30-31-33-35-38-40-43-46-49-52-58(60)63-56-57(64-59(61)53-50-47-44-41-37-21-18-15-12-9-6-3)55-62-54-51-48-45-42-39-36-34-32-29-27-25-23-20-17-14-11-8-5-2/h7-8,10-11,16-17,19-20,24-27,30-31,57H,4-6,9,12-15,18,21-23,28-29,32-56H2,1-3H3/b10-7-,11-8-,19-16-,20-17-,26-24-,27-25-,31-30-. The molecule has 5 heteroatoms. The second-order valence-corrected chi connectivity index (χ2v) is 17.7. The van der Waals surface area contributed by atoms with E-state index in [1.54, 1.807) is 0 Å². The fraction of sp³-hybridized carbons (Fsp3) is 0.729. The summed E-state index contributed by atoms with van der Waals surface area (Å²) >= 11 is 0. The molecule has 0 rings (SSSR count). The van der Waals surface area contributed by atoms with Crippen molar-refractivity contribution in [3.8, 4) is 0 Å². The lowest BCUT2D eigenvalue weighted by Crippen LogP contribution is -2.30. The van der Waals surface area contributed by atoms with E-state index < -0.39 is 6.10 Å². The fourth-order valence-corrected chi connectivity index (χ4v) is 7.46. The van der Waals surface area contributed by atoms with Crippen LogP contribution in [0.15, 0.2) is 85.1 Å². The molecule has 1 unspecified atom stereocenters. The maximum absolute atomic E-state index is 12.8. The summed E-state index contributed by atoms with van der Waals surface area (Å²) in [5, 5.41) is 0. The predicted molar refractivity (Wildman–Crippen MR) is 279 cm³/mol. The van der Waals surface area contributed by atoms with E-state index >= 15 is 0 Å². The van der Waals surface area contributed by atoms with Crippen molar-refractivity contribution in [2.75, 3.05) is 19.8 Å². The first kappa shape index (κ1) is 61.1. The number of carbonyl (C=O) groups excluding carboxylic acids is 2. The van der Waals surface area contributed by atoms with Crippen LogP contribution < -0.4 is 0 Å². The molecule has 0 N–H and O–H groups in total.